The molecule has 4 aromatic rings. The lowest BCUT2D eigenvalue weighted by Gasteiger charge is -2.38. The Morgan fingerprint density at radius 2 is 1.80 bits per heavy atom. The molecular weight excluding hydrogens is 465 g/mol. The van der Waals surface area contributed by atoms with E-state index >= 15 is 0 Å². The lowest BCUT2D eigenvalue weighted by atomic mass is 10.1. The highest BCUT2D eigenvalue weighted by atomic mass is 19.4. The van der Waals surface area contributed by atoms with Gasteiger partial charge in [0.05, 0.1) is 18.2 Å². The first-order valence-corrected chi connectivity index (χ1v) is 10.7. The average molecular weight is 484 g/mol. The van der Waals surface area contributed by atoms with Crippen LogP contribution in [0.15, 0.2) is 76.2 Å². The molecule has 2 aromatic heterocycles. The van der Waals surface area contributed by atoms with E-state index in [-0.39, 0.29) is 29.1 Å². The number of anilines is 1. The number of pyridine rings is 1. The molecular formula is C24H19F3N4O4. The second-order valence-electron chi connectivity index (χ2n) is 8.11. The Labute approximate surface area is 196 Å². The van der Waals surface area contributed by atoms with Crippen LogP contribution in [0.3, 0.4) is 0 Å². The molecule has 0 bridgehead atoms. The first kappa shape index (κ1) is 22.7. The number of alkyl halides is 3. The van der Waals surface area contributed by atoms with Crippen LogP contribution in [-0.4, -0.2) is 45.4 Å². The Morgan fingerprint density at radius 3 is 2.51 bits per heavy atom. The van der Waals surface area contributed by atoms with Crippen molar-refractivity contribution in [3.05, 3.63) is 82.8 Å². The summed E-state index contributed by atoms with van der Waals surface area (Å²) >= 11 is 0. The van der Waals surface area contributed by atoms with Gasteiger partial charge in [-0.05, 0) is 48.0 Å². The number of benzene rings is 2. The van der Waals surface area contributed by atoms with Gasteiger partial charge in [-0.2, -0.15) is 4.98 Å². The molecule has 0 unspecified atom stereocenters. The van der Waals surface area contributed by atoms with E-state index in [4.69, 9.17) is 4.52 Å². The van der Waals surface area contributed by atoms with Crippen molar-refractivity contribution >= 4 is 5.69 Å². The summed E-state index contributed by atoms with van der Waals surface area (Å²) in [5, 5.41) is 13.4. The molecule has 35 heavy (non-hydrogen) atoms. The molecule has 0 radical (unpaired) electrons. The van der Waals surface area contributed by atoms with Gasteiger partial charge in [0.1, 0.15) is 5.75 Å². The number of aliphatic hydroxyl groups is 1. The number of aromatic nitrogens is 3. The third-order valence-electron chi connectivity index (χ3n) is 5.49. The molecule has 0 amide bonds. The zero-order chi connectivity index (χ0) is 24.6. The van der Waals surface area contributed by atoms with Gasteiger partial charge in [-0.25, -0.2) is 0 Å². The van der Waals surface area contributed by atoms with E-state index < -0.39 is 6.36 Å². The van der Waals surface area contributed by atoms with Crippen molar-refractivity contribution < 1.29 is 27.5 Å². The Balaban J connectivity index is 1.34. The van der Waals surface area contributed by atoms with Crippen molar-refractivity contribution in [2.45, 2.75) is 19.0 Å². The summed E-state index contributed by atoms with van der Waals surface area (Å²) in [6.45, 7) is 1.48. The maximum absolute atomic E-state index is 12.5. The molecule has 0 aliphatic carbocycles. The topological polar surface area (TPSA) is 93.6 Å². The van der Waals surface area contributed by atoms with Crippen LogP contribution in [0.5, 0.6) is 5.75 Å². The van der Waals surface area contributed by atoms with Crippen molar-refractivity contribution in [2.24, 2.45) is 0 Å². The number of halogens is 3. The standard InChI is InChI=1S/C24H19F3N4O4/c25-24(26,27)34-20-7-4-16(5-8-20)22-28-23(35-29-22)17-6-9-21(33)31(12-17)11-15-2-1-3-18(10-15)30-13-19(32)14-30/h1-10,12,19,32H,11,13-14H2. The van der Waals surface area contributed by atoms with Gasteiger partial charge in [-0.15, -0.1) is 13.2 Å². The minimum absolute atomic E-state index is 0.160. The molecule has 8 nitrogen and oxygen atoms in total. The number of β-amino-alcohol motifs (C(OH)–C–C–N with tert-alkyl or cyclic N) is 1. The Hall–Kier alpha value is -4.12. The quantitative estimate of drug-likeness (QED) is 0.446. The maximum Gasteiger partial charge on any atom is 0.573 e. The van der Waals surface area contributed by atoms with Gasteiger partial charge in [0, 0.05) is 36.6 Å². The molecule has 180 valence electrons. The van der Waals surface area contributed by atoms with E-state index in [1.54, 1.807) is 12.3 Å². The molecule has 3 heterocycles. The van der Waals surface area contributed by atoms with E-state index in [0.29, 0.717) is 30.8 Å². The number of nitrogens with zero attached hydrogens (tertiary/aromatic N) is 4. The summed E-state index contributed by atoms with van der Waals surface area (Å²) in [6, 6.07) is 15.8. The fourth-order valence-electron chi connectivity index (χ4n) is 3.76. The largest absolute Gasteiger partial charge is 0.573 e. The Kier molecular flexibility index (Phi) is 5.77. The van der Waals surface area contributed by atoms with Crippen molar-refractivity contribution in [2.75, 3.05) is 18.0 Å². The summed E-state index contributed by atoms with van der Waals surface area (Å²) in [4.78, 5) is 18.8. The summed E-state index contributed by atoms with van der Waals surface area (Å²) in [7, 11) is 0. The second-order valence-corrected chi connectivity index (χ2v) is 8.11. The minimum atomic E-state index is -4.78. The van der Waals surface area contributed by atoms with Gasteiger partial charge in [-0.1, -0.05) is 17.3 Å². The maximum atomic E-state index is 12.5. The van der Waals surface area contributed by atoms with Crippen LogP contribution in [0, 0.1) is 0 Å². The SMILES string of the molecule is O=c1ccc(-c2nc(-c3ccc(OC(F)(F)F)cc3)no2)cn1Cc1cccc(N2CC(O)C2)c1. The van der Waals surface area contributed by atoms with Gasteiger partial charge in [-0.3, -0.25) is 4.79 Å². The van der Waals surface area contributed by atoms with E-state index in [0.717, 1.165) is 23.4 Å². The van der Waals surface area contributed by atoms with Crippen LogP contribution in [0.4, 0.5) is 18.9 Å². The highest BCUT2D eigenvalue weighted by Crippen LogP contribution is 2.27. The molecule has 1 saturated heterocycles. The van der Waals surface area contributed by atoms with Crippen LogP contribution < -0.4 is 15.2 Å². The predicted molar refractivity (Wildman–Crippen MR) is 120 cm³/mol. The van der Waals surface area contributed by atoms with E-state index in [1.807, 2.05) is 24.3 Å². The van der Waals surface area contributed by atoms with Gasteiger partial charge >= 0.3 is 6.36 Å². The Bertz CT molecular complexity index is 1390. The van der Waals surface area contributed by atoms with E-state index in [9.17, 15) is 23.1 Å². The third-order valence-corrected chi connectivity index (χ3v) is 5.49. The zero-order valence-corrected chi connectivity index (χ0v) is 18.1. The van der Waals surface area contributed by atoms with Crippen LogP contribution in [0.2, 0.25) is 0 Å². The molecule has 0 saturated carbocycles. The lowest BCUT2D eigenvalue weighted by Crippen LogP contribution is -2.50. The number of ether oxygens (including phenoxy) is 1. The van der Waals surface area contributed by atoms with Crippen LogP contribution in [0.25, 0.3) is 22.8 Å². The average Bonchev–Trinajstić information content (AvgIpc) is 3.28. The molecule has 1 fully saturated rings. The summed E-state index contributed by atoms with van der Waals surface area (Å²) in [6.07, 6.45) is -3.48. The number of hydrogen-bond donors (Lipinski definition) is 1. The summed E-state index contributed by atoms with van der Waals surface area (Å²) in [5.74, 6) is -0.0140. The highest BCUT2D eigenvalue weighted by Gasteiger charge is 2.31. The van der Waals surface area contributed by atoms with E-state index in [2.05, 4.69) is 19.8 Å². The molecule has 2 aromatic carbocycles. The fourth-order valence-corrected chi connectivity index (χ4v) is 3.76. The number of aliphatic hydroxyl groups excluding tert-OH is 1. The summed E-state index contributed by atoms with van der Waals surface area (Å²) in [5.41, 5.74) is 2.64. The molecule has 5 rings (SSSR count). The van der Waals surface area contributed by atoms with Crippen LogP contribution >= 0.6 is 0 Å². The minimum Gasteiger partial charge on any atom is -0.406 e. The predicted octanol–water partition coefficient (Wildman–Crippen LogP) is 3.69. The lowest BCUT2D eigenvalue weighted by molar-refractivity contribution is -0.274. The van der Waals surface area contributed by atoms with E-state index in [1.165, 1.54) is 22.8 Å². The van der Waals surface area contributed by atoms with Gasteiger partial charge < -0.3 is 23.8 Å². The number of rotatable bonds is 6. The molecule has 11 heteroatoms. The monoisotopic (exact) mass is 484 g/mol. The first-order valence-electron chi connectivity index (χ1n) is 10.7. The Morgan fingerprint density at radius 1 is 1.06 bits per heavy atom. The van der Waals surface area contributed by atoms with Crippen LogP contribution in [-0.2, 0) is 6.54 Å². The zero-order valence-electron chi connectivity index (χ0n) is 18.1. The van der Waals surface area contributed by atoms with Gasteiger partial charge in [0.25, 0.3) is 11.4 Å². The molecule has 0 atom stereocenters. The normalized spacial score (nSPS) is 14.1. The molecule has 1 N–H and O–H groups in total. The number of hydrogen-bond acceptors (Lipinski definition) is 7. The molecule has 1 aliphatic heterocycles. The van der Waals surface area contributed by atoms with Crippen molar-refractivity contribution in [3.8, 4) is 28.6 Å². The summed E-state index contributed by atoms with van der Waals surface area (Å²) < 4.78 is 47.7. The van der Waals surface area contributed by atoms with Crippen molar-refractivity contribution in [1.29, 1.82) is 0 Å². The van der Waals surface area contributed by atoms with Gasteiger partial charge in [0.2, 0.25) is 5.82 Å². The smallest absolute Gasteiger partial charge is 0.406 e. The van der Waals surface area contributed by atoms with Gasteiger partial charge in [0.15, 0.2) is 0 Å². The fraction of sp³-hybridized carbons (Fsp3) is 0.208. The second kappa shape index (κ2) is 8.91. The molecule has 0 spiro atoms. The highest BCUT2D eigenvalue weighted by molar-refractivity contribution is 5.60. The molecule has 1 aliphatic rings. The third kappa shape index (κ3) is 5.19. The van der Waals surface area contributed by atoms with Crippen molar-refractivity contribution in [1.82, 2.24) is 14.7 Å². The first-order chi connectivity index (χ1) is 16.7. The van der Waals surface area contributed by atoms with Crippen LogP contribution in [0.1, 0.15) is 5.56 Å². The van der Waals surface area contributed by atoms with Crippen molar-refractivity contribution in [3.63, 3.8) is 0 Å².